The summed E-state index contributed by atoms with van der Waals surface area (Å²) in [6.45, 7) is 5.06. The summed E-state index contributed by atoms with van der Waals surface area (Å²) in [7, 11) is 0. The average molecular weight is 98.1 g/mol. The molecule has 0 aromatic rings. The van der Waals surface area contributed by atoms with Crippen LogP contribution < -0.4 is 5.32 Å². The van der Waals surface area contributed by atoms with Crippen molar-refractivity contribution in [3.05, 3.63) is 0 Å². The van der Waals surface area contributed by atoms with E-state index in [2.05, 4.69) is 17.2 Å². The van der Waals surface area contributed by atoms with E-state index in [1.54, 1.807) is 0 Å². The lowest BCUT2D eigenvalue weighted by Gasteiger charge is -1.98. The Hall–Kier alpha value is -0.530. The maximum atomic E-state index is 4.12. The number of rotatable bonds is 0. The first-order valence-corrected chi connectivity index (χ1v) is 2.56. The van der Waals surface area contributed by atoms with Crippen LogP contribution >= 0.6 is 0 Å². The first kappa shape index (κ1) is 4.62. The van der Waals surface area contributed by atoms with E-state index in [1.807, 2.05) is 6.92 Å². The Bertz CT molecular complexity index is 96.3. The zero-order chi connectivity index (χ0) is 5.28. The van der Waals surface area contributed by atoms with Crippen LogP contribution in [0, 0.1) is 0 Å². The van der Waals surface area contributed by atoms with Gasteiger partial charge in [-0.2, -0.15) is 0 Å². The second-order valence-electron chi connectivity index (χ2n) is 1.97. The maximum Gasteiger partial charge on any atom is 0.0935 e. The van der Waals surface area contributed by atoms with Crippen LogP contribution in [0.25, 0.3) is 0 Å². The summed E-state index contributed by atoms with van der Waals surface area (Å²) in [4.78, 5) is 4.12. The van der Waals surface area contributed by atoms with Crippen molar-refractivity contribution < 1.29 is 0 Å². The molecule has 1 N–H and O–H groups in total. The van der Waals surface area contributed by atoms with Gasteiger partial charge in [0.2, 0.25) is 0 Å². The van der Waals surface area contributed by atoms with Gasteiger partial charge >= 0.3 is 0 Å². The van der Waals surface area contributed by atoms with Gasteiger partial charge in [0.25, 0.3) is 0 Å². The van der Waals surface area contributed by atoms with Crippen LogP contribution in [0.2, 0.25) is 0 Å². The van der Waals surface area contributed by atoms with Crippen molar-refractivity contribution in [3.8, 4) is 0 Å². The molecule has 0 unspecified atom stereocenters. The number of nitrogens with one attached hydrogen (secondary N) is 1. The van der Waals surface area contributed by atoms with Gasteiger partial charge in [0.15, 0.2) is 0 Å². The number of amidine groups is 1. The molecular formula is C5H10N2. The van der Waals surface area contributed by atoms with E-state index in [9.17, 15) is 0 Å². The molecule has 0 amide bonds. The Labute approximate surface area is 43.6 Å². The van der Waals surface area contributed by atoms with Gasteiger partial charge in [-0.1, -0.05) is 0 Å². The predicted molar refractivity (Wildman–Crippen MR) is 30.6 cm³/mol. The summed E-state index contributed by atoms with van der Waals surface area (Å²) in [6.07, 6.45) is 0. The topological polar surface area (TPSA) is 24.4 Å². The Kier molecular flexibility index (Phi) is 1.01. The Morgan fingerprint density at radius 2 is 2.57 bits per heavy atom. The molecule has 0 aliphatic carbocycles. The largest absolute Gasteiger partial charge is 0.370 e. The Morgan fingerprint density at radius 1 is 1.86 bits per heavy atom. The predicted octanol–water partition coefficient (Wildman–Crippen LogP) is 0.397. The van der Waals surface area contributed by atoms with Crippen molar-refractivity contribution in [3.63, 3.8) is 0 Å². The molecule has 1 heterocycles. The van der Waals surface area contributed by atoms with Crippen LogP contribution in [0.1, 0.15) is 13.8 Å². The molecule has 40 valence electrons. The first-order valence-electron chi connectivity index (χ1n) is 2.56. The van der Waals surface area contributed by atoms with Gasteiger partial charge in [0.05, 0.1) is 12.4 Å². The molecule has 1 rings (SSSR count). The summed E-state index contributed by atoms with van der Waals surface area (Å²) in [5.41, 5.74) is 0. The van der Waals surface area contributed by atoms with E-state index in [0.29, 0.717) is 6.04 Å². The van der Waals surface area contributed by atoms with Gasteiger partial charge in [-0.25, -0.2) is 0 Å². The SMILES string of the molecule is CC1=NC[C@H](C)N1. The van der Waals surface area contributed by atoms with Crippen LogP contribution in [-0.4, -0.2) is 18.4 Å². The fraction of sp³-hybridized carbons (Fsp3) is 0.800. The van der Waals surface area contributed by atoms with Crippen molar-refractivity contribution in [2.75, 3.05) is 6.54 Å². The van der Waals surface area contributed by atoms with Gasteiger partial charge in [-0.15, -0.1) is 0 Å². The first-order chi connectivity index (χ1) is 3.29. The maximum absolute atomic E-state index is 4.12. The zero-order valence-corrected chi connectivity index (χ0v) is 4.73. The Morgan fingerprint density at radius 3 is 2.71 bits per heavy atom. The lowest BCUT2D eigenvalue weighted by atomic mass is 10.4. The standard InChI is InChI=1S/C5H10N2/c1-4-3-6-5(2)7-4/h4H,3H2,1-2H3,(H,6,7)/t4-/m0/s1. The van der Waals surface area contributed by atoms with Gasteiger partial charge in [0, 0.05) is 6.04 Å². The minimum atomic E-state index is 0.569. The smallest absolute Gasteiger partial charge is 0.0935 e. The van der Waals surface area contributed by atoms with Crippen LogP contribution in [0.15, 0.2) is 4.99 Å². The third kappa shape index (κ3) is 0.918. The van der Waals surface area contributed by atoms with Gasteiger partial charge in [-0.3, -0.25) is 4.99 Å². The highest BCUT2D eigenvalue weighted by atomic mass is 15.1. The van der Waals surface area contributed by atoms with Crippen molar-refractivity contribution in [1.29, 1.82) is 0 Å². The number of hydrogen-bond acceptors (Lipinski definition) is 2. The van der Waals surface area contributed by atoms with E-state index in [0.717, 1.165) is 12.4 Å². The molecule has 0 fully saturated rings. The molecule has 0 saturated heterocycles. The number of aliphatic imine (C=N–C) groups is 1. The number of hydrogen-bond donors (Lipinski definition) is 1. The highest BCUT2D eigenvalue weighted by molar-refractivity contribution is 5.81. The highest BCUT2D eigenvalue weighted by Gasteiger charge is 2.05. The van der Waals surface area contributed by atoms with E-state index >= 15 is 0 Å². The van der Waals surface area contributed by atoms with Crippen molar-refractivity contribution >= 4 is 5.84 Å². The molecule has 0 aromatic carbocycles. The van der Waals surface area contributed by atoms with E-state index in [-0.39, 0.29) is 0 Å². The second kappa shape index (κ2) is 1.52. The van der Waals surface area contributed by atoms with E-state index in [1.165, 1.54) is 0 Å². The minimum absolute atomic E-state index is 0.569. The van der Waals surface area contributed by atoms with Crippen molar-refractivity contribution in [2.45, 2.75) is 19.9 Å². The average Bonchev–Trinajstić information content (AvgIpc) is 1.87. The lowest BCUT2D eigenvalue weighted by Crippen LogP contribution is -2.24. The third-order valence-corrected chi connectivity index (χ3v) is 1.06. The summed E-state index contributed by atoms with van der Waals surface area (Å²) in [5, 5.41) is 3.17. The molecule has 1 aliphatic rings. The molecule has 2 heteroatoms. The molecule has 0 saturated carbocycles. The van der Waals surface area contributed by atoms with Crippen LogP contribution in [0.3, 0.4) is 0 Å². The van der Waals surface area contributed by atoms with Crippen LogP contribution in [0.4, 0.5) is 0 Å². The summed E-state index contributed by atoms with van der Waals surface area (Å²) in [6, 6.07) is 0.569. The molecule has 0 aromatic heterocycles. The number of nitrogens with zero attached hydrogens (tertiary/aromatic N) is 1. The minimum Gasteiger partial charge on any atom is -0.370 e. The van der Waals surface area contributed by atoms with Gasteiger partial charge < -0.3 is 5.32 Å². The zero-order valence-electron chi connectivity index (χ0n) is 4.73. The van der Waals surface area contributed by atoms with E-state index in [4.69, 9.17) is 0 Å². The quantitative estimate of drug-likeness (QED) is 0.466. The van der Waals surface area contributed by atoms with Crippen LogP contribution in [0.5, 0.6) is 0 Å². The fourth-order valence-corrected chi connectivity index (χ4v) is 0.722. The Balaban J connectivity index is 2.42. The molecule has 1 aliphatic heterocycles. The third-order valence-electron chi connectivity index (χ3n) is 1.06. The molecular weight excluding hydrogens is 88.1 g/mol. The molecule has 7 heavy (non-hydrogen) atoms. The van der Waals surface area contributed by atoms with Crippen LogP contribution in [-0.2, 0) is 0 Å². The van der Waals surface area contributed by atoms with Crippen molar-refractivity contribution in [2.24, 2.45) is 4.99 Å². The lowest BCUT2D eigenvalue weighted by molar-refractivity contribution is 0.725. The second-order valence-corrected chi connectivity index (χ2v) is 1.97. The molecule has 0 spiro atoms. The molecule has 2 nitrogen and oxygen atoms in total. The summed E-state index contributed by atoms with van der Waals surface area (Å²) in [5.74, 6) is 1.08. The monoisotopic (exact) mass is 98.1 g/mol. The van der Waals surface area contributed by atoms with Gasteiger partial charge in [0.1, 0.15) is 0 Å². The fourth-order valence-electron chi connectivity index (χ4n) is 0.722. The summed E-state index contributed by atoms with van der Waals surface area (Å²) < 4.78 is 0. The molecule has 0 bridgehead atoms. The molecule has 0 radical (unpaired) electrons. The molecule has 1 atom stereocenters. The highest BCUT2D eigenvalue weighted by Crippen LogP contribution is 1.91. The van der Waals surface area contributed by atoms with Gasteiger partial charge in [-0.05, 0) is 13.8 Å². The van der Waals surface area contributed by atoms with Crippen molar-refractivity contribution in [1.82, 2.24) is 5.32 Å². The van der Waals surface area contributed by atoms with E-state index < -0.39 is 0 Å². The summed E-state index contributed by atoms with van der Waals surface area (Å²) >= 11 is 0. The normalized spacial score (nSPS) is 29.4.